The topological polar surface area (TPSA) is 89.8 Å². The van der Waals surface area contributed by atoms with Crippen LogP contribution in [0.5, 0.6) is 11.5 Å². The van der Waals surface area contributed by atoms with E-state index in [-0.39, 0.29) is 11.7 Å². The highest BCUT2D eigenvalue weighted by atomic mass is 79.9. The molecule has 4 rings (SSSR count). The first-order chi connectivity index (χ1) is 15.5. The van der Waals surface area contributed by atoms with Crippen LogP contribution in [0.3, 0.4) is 0 Å². The summed E-state index contributed by atoms with van der Waals surface area (Å²) in [4.78, 5) is 25.3. The maximum atomic E-state index is 13.1. The molecule has 2 amide bonds. The third kappa shape index (κ3) is 4.17. The Morgan fingerprint density at radius 3 is 2.44 bits per heavy atom. The molecule has 1 heterocycles. The van der Waals surface area contributed by atoms with E-state index >= 15 is 0 Å². The van der Waals surface area contributed by atoms with Gasteiger partial charge in [0, 0.05) is 11.8 Å². The number of ether oxygens (including phenoxy) is 2. The minimum Gasteiger partial charge on any atom is -0.495 e. The predicted molar refractivity (Wildman–Crippen MR) is 126 cm³/mol. The first-order valence-corrected chi connectivity index (χ1v) is 10.4. The number of hydrogen-bond donors (Lipinski definition) is 2. The Morgan fingerprint density at radius 1 is 0.906 bits per heavy atom. The molecule has 0 aliphatic rings. The number of methoxy groups -OCH3 is 2. The van der Waals surface area contributed by atoms with Crippen molar-refractivity contribution in [1.82, 2.24) is 0 Å². The highest BCUT2D eigenvalue weighted by molar-refractivity contribution is 9.10. The van der Waals surface area contributed by atoms with Gasteiger partial charge in [-0.05, 0) is 57.0 Å². The number of halogens is 1. The number of rotatable bonds is 6. The van der Waals surface area contributed by atoms with E-state index in [4.69, 9.17) is 13.9 Å². The SMILES string of the molecule is COc1cc(NC(=O)c2cc3ccccc3c(Br)c2OC)ccc1NC(=O)c1ccco1. The maximum absolute atomic E-state index is 13.1. The van der Waals surface area contributed by atoms with E-state index < -0.39 is 5.91 Å². The van der Waals surface area contributed by atoms with Gasteiger partial charge in [-0.2, -0.15) is 0 Å². The molecule has 2 N–H and O–H groups in total. The first kappa shape index (κ1) is 21.5. The number of fused-ring (bicyclic) bond motifs is 1. The quantitative estimate of drug-likeness (QED) is 0.357. The van der Waals surface area contributed by atoms with E-state index in [0.717, 1.165) is 10.8 Å². The molecular weight excluding hydrogens is 476 g/mol. The highest BCUT2D eigenvalue weighted by Crippen LogP contribution is 2.37. The Morgan fingerprint density at radius 2 is 1.72 bits per heavy atom. The summed E-state index contributed by atoms with van der Waals surface area (Å²) in [6.07, 6.45) is 1.42. The largest absolute Gasteiger partial charge is 0.495 e. The van der Waals surface area contributed by atoms with E-state index in [2.05, 4.69) is 26.6 Å². The molecule has 32 heavy (non-hydrogen) atoms. The second-order valence-electron chi connectivity index (χ2n) is 6.79. The van der Waals surface area contributed by atoms with Gasteiger partial charge in [0.05, 0.1) is 36.2 Å². The van der Waals surface area contributed by atoms with Gasteiger partial charge in [0.15, 0.2) is 5.76 Å². The molecule has 0 aliphatic carbocycles. The molecule has 0 bridgehead atoms. The zero-order valence-electron chi connectivity index (χ0n) is 17.3. The Balaban J connectivity index is 1.60. The molecule has 3 aromatic carbocycles. The average molecular weight is 495 g/mol. The standard InChI is InChI=1S/C24H19BrN2O5/c1-30-20-13-15(9-10-18(20)27-24(29)19-8-5-11-32-19)26-23(28)17-12-14-6-3-4-7-16(14)21(25)22(17)31-2/h3-13H,1-2H3,(H,26,28)(H,27,29). The van der Waals surface area contributed by atoms with Crippen molar-refractivity contribution in [2.45, 2.75) is 0 Å². The second-order valence-corrected chi connectivity index (χ2v) is 7.59. The van der Waals surface area contributed by atoms with Crippen molar-refractivity contribution in [3.05, 3.63) is 82.7 Å². The number of benzene rings is 3. The van der Waals surface area contributed by atoms with E-state index in [9.17, 15) is 9.59 Å². The van der Waals surface area contributed by atoms with Gasteiger partial charge in [0.25, 0.3) is 11.8 Å². The summed E-state index contributed by atoms with van der Waals surface area (Å²) in [5.41, 5.74) is 1.32. The van der Waals surface area contributed by atoms with Gasteiger partial charge in [-0.25, -0.2) is 0 Å². The Labute approximate surface area is 192 Å². The smallest absolute Gasteiger partial charge is 0.291 e. The van der Waals surface area contributed by atoms with Crippen molar-refractivity contribution in [2.75, 3.05) is 24.9 Å². The zero-order valence-corrected chi connectivity index (χ0v) is 18.9. The summed E-state index contributed by atoms with van der Waals surface area (Å²) >= 11 is 3.55. The Kier molecular flexibility index (Phi) is 6.13. The number of anilines is 2. The van der Waals surface area contributed by atoms with E-state index in [0.29, 0.717) is 32.9 Å². The summed E-state index contributed by atoms with van der Waals surface area (Å²) in [6, 6.07) is 17.6. The number of amides is 2. The molecule has 4 aromatic rings. The second kappa shape index (κ2) is 9.15. The van der Waals surface area contributed by atoms with Crippen molar-refractivity contribution >= 4 is 49.9 Å². The third-order valence-corrected chi connectivity index (χ3v) is 5.63. The molecule has 0 spiro atoms. The van der Waals surface area contributed by atoms with Crippen LogP contribution in [-0.2, 0) is 0 Å². The Bertz CT molecular complexity index is 1300. The fourth-order valence-corrected chi connectivity index (χ4v) is 4.05. The number of carbonyl (C=O) groups excluding carboxylic acids is 2. The summed E-state index contributed by atoms with van der Waals surface area (Å²) in [5.74, 6) is 0.252. The monoisotopic (exact) mass is 494 g/mol. The molecule has 8 heteroatoms. The van der Waals surface area contributed by atoms with E-state index in [1.165, 1.54) is 20.5 Å². The molecule has 162 valence electrons. The van der Waals surface area contributed by atoms with Crippen LogP contribution in [0.1, 0.15) is 20.9 Å². The predicted octanol–water partition coefficient (Wildman–Crippen LogP) is 5.72. The van der Waals surface area contributed by atoms with Crippen molar-refractivity contribution in [3.63, 3.8) is 0 Å². The molecule has 0 saturated carbocycles. The molecule has 0 saturated heterocycles. The van der Waals surface area contributed by atoms with Crippen LogP contribution in [0.4, 0.5) is 11.4 Å². The molecule has 0 unspecified atom stereocenters. The summed E-state index contributed by atoms with van der Waals surface area (Å²) in [5, 5.41) is 7.43. The molecule has 1 aromatic heterocycles. The number of nitrogens with one attached hydrogen (secondary N) is 2. The number of hydrogen-bond acceptors (Lipinski definition) is 5. The average Bonchev–Trinajstić information content (AvgIpc) is 3.35. The lowest BCUT2D eigenvalue weighted by molar-refractivity contribution is 0.0993. The van der Waals surface area contributed by atoms with Crippen molar-refractivity contribution < 1.29 is 23.5 Å². The lowest BCUT2D eigenvalue weighted by atomic mass is 10.0. The maximum Gasteiger partial charge on any atom is 0.291 e. The van der Waals surface area contributed by atoms with E-state index in [1.54, 1.807) is 36.4 Å². The van der Waals surface area contributed by atoms with Crippen LogP contribution in [0, 0.1) is 0 Å². The summed E-state index contributed by atoms with van der Waals surface area (Å²) in [6.45, 7) is 0. The number of carbonyl (C=O) groups is 2. The Hall–Kier alpha value is -3.78. The normalized spacial score (nSPS) is 10.6. The third-order valence-electron chi connectivity index (χ3n) is 4.84. The molecule has 0 radical (unpaired) electrons. The van der Waals surface area contributed by atoms with Gasteiger partial charge in [-0.3, -0.25) is 9.59 Å². The van der Waals surface area contributed by atoms with Crippen molar-refractivity contribution in [2.24, 2.45) is 0 Å². The van der Waals surface area contributed by atoms with Crippen LogP contribution in [0.25, 0.3) is 10.8 Å². The van der Waals surface area contributed by atoms with Crippen molar-refractivity contribution in [1.29, 1.82) is 0 Å². The fraction of sp³-hybridized carbons (Fsp3) is 0.0833. The molecule has 7 nitrogen and oxygen atoms in total. The molecule has 0 aliphatic heterocycles. The van der Waals surface area contributed by atoms with Gasteiger partial charge in [0.2, 0.25) is 0 Å². The minimum atomic E-state index is -0.407. The van der Waals surface area contributed by atoms with Gasteiger partial charge >= 0.3 is 0 Å². The number of furan rings is 1. The van der Waals surface area contributed by atoms with Crippen LogP contribution in [0.15, 0.2) is 75.8 Å². The fourth-order valence-electron chi connectivity index (χ4n) is 3.31. The van der Waals surface area contributed by atoms with Gasteiger partial charge in [-0.1, -0.05) is 24.3 Å². The van der Waals surface area contributed by atoms with Crippen LogP contribution in [-0.4, -0.2) is 26.0 Å². The zero-order chi connectivity index (χ0) is 22.7. The molecule has 0 fully saturated rings. The minimum absolute atomic E-state index is 0.179. The molecular formula is C24H19BrN2O5. The summed E-state index contributed by atoms with van der Waals surface area (Å²) in [7, 11) is 3.00. The highest BCUT2D eigenvalue weighted by Gasteiger charge is 2.19. The van der Waals surface area contributed by atoms with E-state index in [1.807, 2.05) is 24.3 Å². The lowest BCUT2D eigenvalue weighted by Crippen LogP contribution is -2.15. The van der Waals surface area contributed by atoms with Crippen LogP contribution >= 0.6 is 15.9 Å². The van der Waals surface area contributed by atoms with Crippen LogP contribution < -0.4 is 20.1 Å². The van der Waals surface area contributed by atoms with Crippen LogP contribution in [0.2, 0.25) is 0 Å². The van der Waals surface area contributed by atoms with Gasteiger partial charge in [0.1, 0.15) is 11.5 Å². The van der Waals surface area contributed by atoms with Gasteiger partial charge in [-0.15, -0.1) is 0 Å². The summed E-state index contributed by atoms with van der Waals surface area (Å²) < 4.78 is 16.7. The lowest BCUT2D eigenvalue weighted by Gasteiger charge is -2.15. The van der Waals surface area contributed by atoms with Crippen molar-refractivity contribution in [3.8, 4) is 11.5 Å². The molecule has 0 atom stereocenters. The van der Waals surface area contributed by atoms with Gasteiger partial charge < -0.3 is 24.5 Å². The first-order valence-electron chi connectivity index (χ1n) is 9.61.